The molecule has 0 saturated carbocycles. The summed E-state index contributed by atoms with van der Waals surface area (Å²) in [4.78, 5) is 27.5. The van der Waals surface area contributed by atoms with Gasteiger partial charge in [-0.1, -0.05) is 0 Å². The van der Waals surface area contributed by atoms with E-state index in [-0.39, 0.29) is 12.5 Å². The van der Waals surface area contributed by atoms with Crippen LogP contribution in [0.15, 0.2) is 18.3 Å². The number of nitrogens with one attached hydrogen (secondary N) is 1. The van der Waals surface area contributed by atoms with Crippen molar-refractivity contribution in [2.24, 2.45) is 0 Å². The maximum absolute atomic E-state index is 11.1. The van der Waals surface area contributed by atoms with E-state index < -0.39 is 0 Å². The van der Waals surface area contributed by atoms with Crippen molar-refractivity contribution in [1.29, 1.82) is 0 Å². The van der Waals surface area contributed by atoms with Crippen LogP contribution in [-0.2, 0) is 4.79 Å². The molecule has 1 aromatic rings. The number of anilines is 1. The number of aromatic nitrogens is 1. The third-order valence-corrected chi connectivity index (χ3v) is 1.97. The Labute approximate surface area is 88.1 Å². The van der Waals surface area contributed by atoms with E-state index in [1.54, 1.807) is 37.3 Å². The molecule has 1 amide bonds. The van der Waals surface area contributed by atoms with Crippen molar-refractivity contribution in [3.63, 3.8) is 0 Å². The summed E-state index contributed by atoms with van der Waals surface area (Å²) in [7, 11) is 3.28. The number of nitrogens with zero attached hydrogens (tertiary/aromatic N) is 2. The number of rotatable bonds is 4. The van der Waals surface area contributed by atoms with Crippen LogP contribution < -0.4 is 10.2 Å². The number of carbonyl (C=O) groups is 2. The molecule has 0 radical (unpaired) electrons. The maximum Gasteiger partial charge on any atom is 0.239 e. The maximum atomic E-state index is 11.1. The fraction of sp³-hybridized carbons (Fsp3) is 0.300. The lowest BCUT2D eigenvalue weighted by atomic mass is 10.2. The molecule has 0 spiro atoms. The van der Waals surface area contributed by atoms with Crippen LogP contribution in [0.1, 0.15) is 10.4 Å². The predicted octanol–water partition coefficient (Wildman–Crippen LogP) is 0.0763. The predicted molar refractivity (Wildman–Crippen MR) is 57.0 cm³/mol. The molecule has 0 unspecified atom stereocenters. The Morgan fingerprint density at radius 3 is 3.00 bits per heavy atom. The van der Waals surface area contributed by atoms with Crippen LogP contribution in [-0.4, -0.2) is 37.8 Å². The summed E-state index contributed by atoms with van der Waals surface area (Å²) in [5, 5.41) is 2.51. The van der Waals surface area contributed by atoms with E-state index in [4.69, 9.17) is 0 Å². The molecule has 1 heterocycles. The van der Waals surface area contributed by atoms with Gasteiger partial charge >= 0.3 is 0 Å². The van der Waals surface area contributed by atoms with Gasteiger partial charge in [0.1, 0.15) is 5.82 Å². The minimum Gasteiger partial charge on any atom is -0.358 e. The van der Waals surface area contributed by atoms with E-state index in [1.807, 2.05) is 0 Å². The monoisotopic (exact) mass is 207 g/mol. The lowest BCUT2D eigenvalue weighted by Crippen LogP contribution is -2.33. The van der Waals surface area contributed by atoms with Crippen molar-refractivity contribution in [2.75, 3.05) is 25.5 Å². The Morgan fingerprint density at radius 2 is 2.40 bits per heavy atom. The van der Waals surface area contributed by atoms with Crippen LogP contribution in [0.3, 0.4) is 0 Å². The zero-order valence-electron chi connectivity index (χ0n) is 8.73. The van der Waals surface area contributed by atoms with Crippen molar-refractivity contribution in [3.05, 3.63) is 23.9 Å². The highest BCUT2D eigenvalue weighted by molar-refractivity contribution is 5.86. The number of hydrogen-bond donors (Lipinski definition) is 1. The summed E-state index contributed by atoms with van der Waals surface area (Å²) in [5.41, 5.74) is 0.476. The second-order valence-corrected chi connectivity index (χ2v) is 3.06. The smallest absolute Gasteiger partial charge is 0.239 e. The lowest BCUT2D eigenvalue weighted by molar-refractivity contribution is -0.119. The first-order valence-electron chi connectivity index (χ1n) is 4.51. The molecular formula is C10H13N3O2. The average Bonchev–Trinajstić information content (AvgIpc) is 2.28. The largest absolute Gasteiger partial charge is 0.358 e. The molecular weight excluding hydrogens is 194 g/mol. The van der Waals surface area contributed by atoms with Crippen LogP contribution in [0.2, 0.25) is 0 Å². The first-order chi connectivity index (χ1) is 7.19. The molecule has 80 valence electrons. The third kappa shape index (κ3) is 2.77. The minimum atomic E-state index is -0.125. The molecule has 0 aliphatic rings. The highest BCUT2D eigenvalue weighted by Crippen LogP contribution is 2.12. The van der Waals surface area contributed by atoms with Crippen molar-refractivity contribution >= 4 is 18.0 Å². The summed E-state index contributed by atoms with van der Waals surface area (Å²) in [5.74, 6) is 0.385. The Balaban J connectivity index is 2.85. The van der Waals surface area contributed by atoms with Crippen molar-refractivity contribution < 1.29 is 9.59 Å². The van der Waals surface area contributed by atoms with Gasteiger partial charge in [-0.2, -0.15) is 0 Å². The third-order valence-electron chi connectivity index (χ3n) is 1.97. The fourth-order valence-electron chi connectivity index (χ4n) is 1.19. The summed E-state index contributed by atoms with van der Waals surface area (Å²) in [6, 6.07) is 3.34. The number of pyridine rings is 1. The van der Waals surface area contributed by atoms with Crippen LogP contribution in [0.25, 0.3) is 0 Å². The Hall–Kier alpha value is -1.91. The molecule has 0 saturated heterocycles. The van der Waals surface area contributed by atoms with Gasteiger partial charge in [-0.05, 0) is 12.1 Å². The zero-order chi connectivity index (χ0) is 11.3. The van der Waals surface area contributed by atoms with Gasteiger partial charge in [0, 0.05) is 20.3 Å². The summed E-state index contributed by atoms with van der Waals surface area (Å²) in [6.45, 7) is 0.175. The summed E-state index contributed by atoms with van der Waals surface area (Å²) < 4.78 is 0. The highest BCUT2D eigenvalue weighted by atomic mass is 16.2. The minimum absolute atomic E-state index is 0.125. The second kappa shape index (κ2) is 5.09. The van der Waals surface area contributed by atoms with E-state index >= 15 is 0 Å². The first-order valence-corrected chi connectivity index (χ1v) is 4.51. The molecule has 1 rings (SSSR count). The fourth-order valence-corrected chi connectivity index (χ4v) is 1.19. The van der Waals surface area contributed by atoms with Gasteiger partial charge in [0.2, 0.25) is 5.91 Å². The molecule has 1 N–H and O–H groups in total. The van der Waals surface area contributed by atoms with Crippen LogP contribution in [0, 0.1) is 0 Å². The molecule has 0 aromatic carbocycles. The molecule has 0 fully saturated rings. The van der Waals surface area contributed by atoms with Crippen LogP contribution >= 0.6 is 0 Å². The summed E-state index contributed by atoms with van der Waals surface area (Å²) >= 11 is 0. The van der Waals surface area contributed by atoms with Crippen molar-refractivity contribution in [1.82, 2.24) is 10.3 Å². The number of carbonyl (C=O) groups excluding carboxylic acids is 2. The Morgan fingerprint density at radius 1 is 1.67 bits per heavy atom. The normalized spacial score (nSPS) is 9.47. The standard InChI is InChI=1S/C10H13N3O2/c1-11-9(15)6-13(2)10-8(7-14)4-3-5-12-10/h3-5,7H,6H2,1-2H3,(H,11,15). The van der Waals surface area contributed by atoms with E-state index in [0.717, 1.165) is 6.29 Å². The quantitative estimate of drug-likeness (QED) is 0.710. The van der Waals surface area contributed by atoms with Crippen LogP contribution in [0.4, 0.5) is 5.82 Å². The molecule has 0 atom stereocenters. The van der Waals surface area contributed by atoms with Gasteiger partial charge in [-0.3, -0.25) is 9.59 Å². The Bertz CT molecular complexity index is 365. The average molecular weight is 207 g/mol. The SMILES string of the molecule is CNC(=O)CN(C)c1ncccc1C=O. The van der Waals surface area contributed by atoms with E-state index in [9.17, 15) is 9.59 Å². The van der Waals surface area contributed by atoms with Crippen LogP contribution in [0.5, 0.6) is 0 Å². The zero-order valence-corrected chi connectivity index (χ0v) is 8.73. The molecule has 0 aliphatic heterocycles. The van der Waals surface area contributed by atoms with Crippen molar-refractivity contribution in [3.8, 4) is 0 Å². The van der Waals surface area contributed by atoms with Crippen molar-refractivity contribution in [2.45, 2.75) is 0 Å². The number of aldehydes is 1. The molecule has 5 heteroatoms. The number of hydrogen-bond acceptors (Lipinski definition) is 4. The molecule has 5 nitrogen and oxygen atoms in total. The Kier molecular flexibility index (Phi) is 3.79. The number of likely N-dealkylation sites (N-methyl/N-ethyl adjacent to an activating group) is 2. The second-order valence-electron chi connectivity index (χ2n) is 3.06. The van der Waals surface area contributed by atoms with Gasteiger partial charge < -0.3 is 10.2 Å². The molecule has 1 aromatic heterocycles. The molecule has 0 bridgehead atoms. The molecule has 15 heavy (non-hydrogen) atoms. The van der Waals surface area contributed by atoms with Gasteiger partial charge in [-0.25, -0.2) is 4.98 Å². The van der Waals surface area contributed by atoms with Gasteiger partial charge in [0.25, 0.3) is 0 Å². The van der Waals surface area contributed by atoms with E-state index in [2.05, 4.69) is 10.3 Å². The van der Waals surface area contributed by atoms with Gasteiger partial charge in [-0.15, -0.1) is 0 Å². The summed E-state index contributed by atoms with van der Waals surface area (Å²) in [6.07, 6.45) is 2.31. The van der Waals surface area contributed by atoms with E-state index in [1.165, 1.54) is 0 Å². The lowest BCUT2D eigenvalue weighted by Gasteiger charge is -2.18. The van der Waals surface area contributed by atoms with Gasteiger partial charge in [0.15, 0.2) is 6.29 Å². The molecule has 0 aliphatic carbocycles. The van der Waals surface area contributed by atoms with Gasteiger partial charge in [0.05, 0.1) is 12.1 Å². The van der Waals surface area contributed by atoms with E-state index in [0.29, 0.717) is 11.4 Å². The topological polar surface area (TPSA) is 62.3 Å². The number of amides is 1. The highest BCUT2D eigenvalue weighted by Gasteiger charge is 2.10. The first kappa shape index (κ1) is 11.2.